The van der Waals surface area contributed by atoms with Gasteiger partial charge in [-0.3, -0.25) is 4.79 Å². The summed E-state index contributed by atoms with van der Waals surface area (Å²) in [5.74, 6) is -0.0235. The minimum Gasteiger partial charge on any atom is -0.398 e. The summed E-state index contributed by atoms with van der Waals surface area (Å²) in [5.41, 5.74) is 9.10. The van der Waals surface area contributed by atoms with E-state index in [2.05, 4.69) is 11.8 Å². The number of hydrogen-bond donors (Lipinski definition) is 1. The van der Waals surface area contributed by atoms with Gasteiger partial charge in [-0.1, -0.05) is 23.7 Å². The first-order chi connectivity index (χ1) is 9.90. The Kier molecular flexibility index (Phi) is 4.53. The van der Waals surface area contributed by atoms with Gasteiger partial charge in [-0.2, -0.15) is 0 Å². The lowest BCUT2D eigenvalue weighted by atomic mass is 10.0. The van der Waals surface area contributed by atoms with Crippen LogP contribution < -0.4 is 10.6 Å². The minimum absolute atomic E-state index is 0.0235. The average molecular weight is 303 g/mol. The van der Waals surface area contributed by atoms with Crippen molar-refractivity contribution in [1.29, 1.82) is 0 Å². The number of carbonyl (C=O) groups excluding carboxylic acids is 1. The second kappa shape index (κ2) is 6.19. The van der Waals surface area contributed by atoms with Gasteiger partial charge >= 0.3 is 0 Å². The Morgan fingerprint density at radius 3 is 2.52 bits per heavy atom. The topological polar surface area (TPSA) is 46.3 Å². The Labute approximate surface area is 130 Å². The van der Waals surface area contributed by atoms with E-state index in [1.807, 2.05) is 43.4 Å². The normalized spacial score (nSPS) is 12.0. The molecule has 0 fully saturated rings. The SMILES string of the molecule is CC(=O)c1ccc(N(C)C(C)c2cccc(Cl)c2)cc1N. The predicted octanol–water partition coefficient (Wildman–Crippen LogP) is 4.32. The Morgan fingerprint density at radius 1 is 1.24 bits per heavy atom. The van der Waals surface area contributed by atoms with Crippen molar-refractivity contribution < 1.29 is 4.79 Å². The highest BCUT2D eigenvalue weighted by molar-refractivity contribution is 6.30. The minimum atomic E-state index is -0.0235. The number of nitrogens with two attached hydrogens (primary N) is 1. The van der Waals surface area contributed by atoms with E-state index in [1.54, 1.807) is 6.07 Å². The summed E-state index contributed by atoms with van der Waals surface area (Å²) in [4.78, 5) is 13.5. The van der Waals surface area contributed by atoms with Crippen LogP contribution >= 0.6 is 11.6 Å². The van der Waals surface area contributed by atoms with Gasteiger partial charge in [-0.15, -0.1) is 0 Å². The van der Waals surface area contributed by atoms with Crippen molar-refractivity contribution in [3.63, 3.8) is 0 Å². The Morgan fingerprint density at radius 2 is 1.95 bits per heavy atom. The van der Waals surface area contributed by atoms with Crippen molar-refractivity contribution in [2.45, 2.75) is 19.9 Å². The summed E-state index contributed by atoms with van der Waals surface area (Å²) < 4.78 is 0. The van der Waals surface area contributed by atoms with Gasteiger partial charge in [-0.05, 0) is 49.7 Å². The van der Waals surface area contributed by atoms with Crippen molar-refractivity contribution in [2.24, 2.45) is 0 Å². The summed E-state index contributed by atoms with van der Waals surface area (Å²) >= 11 is 6.04. The van der Waals surface area contributed by atoms with Crippen LogP contribution in [0.3, 0.4) is 0 Å². The van der Waals surface area contributed by atoms with Crippen LogP contribution in [0, 0.1) is 0 Å². The first-order valence-electron chi connectivity index (χ1n) is 6.79. The third-order valence-corrected chi connectivity index (χ3v) is 3.97. The van der Waals surface area contributed by atoms with E-state index in [0.29, 0.717) is 11.3 Å². The van der Waals surface area contributed by atoms with Crippen LogP contribution in [0.5, 0.6) is 0 Å². The van der Waals surface area contributed by atoms with Crippen molar-refractivity contribution in [2.75, 3.05) is 17.7 Å². The monoisotopic (exact) mass is 302 g/mol. The van der Waals surface area contributed by atoms with Gasteiger partial charge in [-0.25, -0.2) is 0 Å². The van der Waals surface area contributed by atoms with Crippen LogP contribution in [0.15, 0.2) is 42.5 Å². The molecule has 0 amide bonds. The molecule has 0 bridgehead atoms. The molecule has 21 heavy (non-hydrogen) atoms. The highest BCUT2D eigenvalue weighted by Crippen LogP contribution is 2.29. The third kappa shape index (κ3) is 3.37. The molecule has 3 nitrogen and oxygen atoms in total. The summed E-state index contributed by atoms with van der Waals surface area (Å²) in [6, 6.07) is 13.5. The fraction of sp³-hybridized carbons (Fsp3) is 0.235. The van der Waals surface area contributed by atoms with Gasteiger partial charge in [0.1, 0.15) is 0 Å². The summed E-state index contributed by atoms with van der Waals surface area (Å²) in [6.07, 6.45) is 0. The van der Waals surface area contributed by atoms with E-state index in [0.717, 1.165) is 16.3 Å². The molecular weight excluding hydrogens is 284 g/mol. The fourth-order valence-corrected chi connectivity index (χ4v) is 2.50. The smallest absolute Gasteiger partial charge is 0.161 e. The maximum atomic E-state index is 11.4. The number of ketones is 1. The summed E-state index contributed by atoms with van der Waals surface area (Å²) in [5, 5.41) is 0.721. The molecular formula is C17H19ClN2O. The molecule has 0 spiro atoms. The van der Waals surface area contributed by atoms with Crippen LogP contribution in [0.2, 0.25) is 5.02 Å². The van der Waals surface area contributed by atoms with Crippen LogP contribution in [0.25, 0.3) is 0 Å². The molecule has 2 N–H and O–H groups in total. The second-order valence-electron chi connectivity index (χ2n) is 5.17. The fourth-order valence-electron chi connectivity index (χ4n) is 2.30. The van der Waals surface area contributed by atoms with E-state index in [-0.39, 0.29) is 11.8 Å². The molecule has 2 aromatic carbocycles. The highest BCUT2D eigenvalue weighted by Gasteiger charge is 2.14. The maximum absolute atomic E-state index is 11.4. The molecule has 2 rings (SSSR count). The van der Waals surface area contributed by atoms with Gasteiger partial charge in [0.2, 0.25) is 0 Å². The zero-order valence-electron chi connectivity index (χ0n) is 12.4. The molecule has 0 aliphatic rings. The number of carbonyl (C=O) groups is 1. The van der Waals surface area contributed by atoms with Crippen molar-refractivity contribution >= 4 is 28.8 Å². The summed E-state index contributed by atoms with van der Waals surface area (Å²) in [7, 11) is 1.99. The zero-order valence-corrected chi connectivity index (χ0v) is 13.2. The molecule has 0 aliphatic heterocycles. The largest absolute Gasteiger partial charge is 0.398 e. The quantitative estimate of drug-likeness (QED) is 0.675. The van der Waals surface area contributed by atoms with Crippen molar-refractivity contribution in [1.82, 2.24) is 0 Å². The number of hydrogen-bond acceptors (Lipinski definition) is 3. The van der Waals surface area contributed by atoms with E-state index in [9.17, 15) is 4.79 Å². The van der Waals surface area contributed by atoms with Gasteiger partial charge in [0.05, 0.1) is 6.04 Å². The van der Waals surface area contributed by atoms with Crippen molar-refractivity contribution in [3.05, 3.63) is 58.6 Å². The Bertz CT molecular complexity index is 670. The van der Waals surface area contributed by atoms with Crippen LogP contribution in [0.1, 0.15) is 35.8 Å². The molecule has 0 radical (unpaired) electrons. The molecule has 0 aromatic heterocycles. The number of Topliss-reactive ketones (excluding diaryl/α,β-unsaturated/α-hetero) is 1. The van der Waals surface area contributed by atoms with Crippen LogP contribution in [0.4, 0.5) is 11.4 Å². The van der Waals surface area contributed by atoms with Gasteiger partial charge in [0.15, 0.2) is 5.78 Å². The lowest BCUT2D eigenvalue weighted by Gasteiger charge is -2.28. The highest BCUT2D eigenvalue weighted by atomic mass is 35.5. The molecule has 0 saturated heterocycles. The van der Waals surface area contributed by atoms with Gasteiger partial charge < -0.3 is 10.6 Å². The van der Waals surface area contributed by atoms with E-state index in [4.69, 9.17) is 17.3 Å². The lowest BCUT2D eigenvalue weighted by Crippen LogP contribution is -2.21. The van der Waals surface area contributed by atoms with Gasteiger partial charge in [0.25, 0.3) is 0 Å². The van der Waals surface area contributed by atoms with E-state index in [1.165, 1.54) is 6.92 Å². The molecule has 110 valence electrons. The number of anilines is 2. The first kappa shape index (κ1) is 15.4. The molecule has 4 heteroatoms. The van der Waals surface area contributed by atoms with Gasteiger partial charge in [0, 0.05) is 29.0 Å². The zero-order chi connectivity index (χ0) is 15.6. The third-order valence-electron chi connectivity index (χ3n) is 3.73. The Balaban J connectivity index is 2.29. The van der Waals surface area contributed by atoms with Crippen LogP contribution in [-0.2, 0) is 0 Å². The summed E-state index contributed by atoms with van der Waals surface area (Å²) in [6.45, 7) is 3.62. The number of nitrogen functional groups attached to an aromatic ring is 1. The molecule has 0 saturated carbocycles. The maximum Gasteiger partial charge on any atom is 0.161 e. The standard InChI is InChI=1S/C17H19ClN2O/c1-11(13-5-4-6-14(18)9-13)20(3)15-7-8-16(12(2)21)17(19)10-15/h4-11H,19H2,1-3H3. The second-order valence-corrected chi connectivity index (χ2v) is 5.61. The predicted molar refractivity (Wildman–Crippen MR) is 89.1 cm³/mol. The molecule has 2 aromatic rings. The first-order valence-corrected chi connectivity index (χ1v) is 7.16. The number of rotatable bonds is 4. The molecule has 0 aliphatic carbocycles. The van der Waals surface area contributed by atoms with E-state index >= 15 is 0 Å². The Hall–Kier alpha value is -2.00. The average Bonchev–Trinajstić information content (AvgIpc) is 2.45. The van der Waals surface area contributed by atoms with Crippen LogP contribution in [-0.4, -0.2) is 12.8 Å². The number of benzene rings is 2. The molecule has 1 atom stereocenters. The lowest BCUT2D eigenvalue weighted by molar-refractivity contribution is 0.101. The molecule has 1 unspecified atom stereocenters. The number of nitrogens with zero attached hydrogens (tertiary/aromatic N) is 1. The number of halogens is 1. The molecule has 0 heterocycles. The van der Waals surface area contributed by atoms with Crippen molar-refractivity contribution in [3.8, 4) is 0 Å². The van der Waals surface area contributed by atoms with E-state index < -0.39 is 0 Å².